The number of ether oxygens (including phenoxy) is 3. The van der Waals surface area contributed by atoms with Gasteiger partial charge in [-0.05, 0) is 41.5 Å². The van der Waals surface area contributed by atoms with Crippen LogP contribution in [-0.2, 0) is 6.61 Å². The molecule has 7 heteroatoms. The van der Waals surface area contributed by atoms with Crippen LogP contribution in [-0.4, -0.2) is 24.2 Å². The van der Waals surface area contributed by atoms with Crippen molar-refractivity contribution < 1.29 is 14.2 Å². The summed E-state index contributed by atoms with van der Waals surface area (Å²) in [6.45, 7) is 0.421. The third-order valence-corrected chi connectivity index (χ3v) is 5.57. The highest BCUT2D eigenvalue weighted by molar-refractivity contribution is 9.10. The Hall–Kier alpha value is -3.76. The van der Waals surface area contributed by atoms with Crippen LogP contribution < -0.4 is 14.2 Å². The van der Waals surface area contributed by atoms with E-state index in [0.29, 0.717) is 35.3 Å². The maximum absolute atomic E-state index is 9.77. The summed E-state index contributed by atoms with van der Waals surface area (Å²) in [5.41, 5.74) is 3.76. The van der Waals surface area contributed by atoms with Crippen molar-refractivity contribution in [2.75, 3.05) is 14.2 Å². The number of nitrogens with one attached hydrogen (secondary N) is 1. The zero-order chi connectivity index (χ0) is 22.5. The van der Waals surface area contributed by atoms with Crippen LogP contribution in [0.15, 0.2) is 65.1 Å². The second-order valence-corrected chi connectivity index (χ2v) is 7.79. The number of aromatic amines is 1. The van der Waals surface area contributed by atoms with Gasteiger partial charge in [0, 0.05) is 10.5 Å². The number of rotatable bonds is 7. The van der Waals surface area contributed by atoms with Crippen LogP contribution in [0.5, 0.6) is 17.2 Å². The minimum atomic E-state index is 0.390. The molecule has 0 atom stereocenters. The number of H-pyrrole nitrogens is 1. The number of nitrogens with zero attached hydrogens (tertiary/aromatic N) is 2. The highest BCUT2D eigenvalue weighted by atomic mass is 79.9. The number of hydrogen-bond donors (Lipinski definition) is 1. The maximum Gasteiger partial charge on any atom is 0.162 e. The number of methoxy groups -OCH3 is 2. The molecule has 1 aromatic heterocycles. The summed E-state index contributed by atoms with van der Waals surface area (Å²) in [5.74, 6) is 2.37. The van der Waals surface area contributed by atoms with Crippen molar-refractivity contribution in [3.63, 3.8) is 0 Å². The van der Waals surface area contributed by atoms with Crippen LogP contribution in [0, 0.1) is 11.3 Å². The van der Waals surface area contributed by atoms with Crippen LogP contribution in [0.2, 0.25) is 0 Å². The average molecular weight is 490 g/mol. The molecule has 1 heterocycles. The first kappa shape index (κ1) is 21.5. The third kappa shape index (κ3) is 4.61. The van der Waals surface area contributed by atoms with Crippen LogP contribution >= 0.6 is 15.9 Å². The Labute approximate surface area is 194 Å². The fourth-order valence-electron chi connectivity index (χ4n) is 3.22. The third-order valence-electron chi connectivity index (χ3n) is 4.88. The molecule has 0 aliphatic heterocycles. The molecule has 1 N–H and O–H groups in total. The maximum atomic E-state index is 9.77. The van der Waals surface area contributed by atoms with E-state index in [2.05, 4.69) is 32.0 Å². The topological polar surface area (TPSA) is 80.2 Å². The Bertz CT molecular complexity index is 1320. The first-order chi connectivity index (χ1) is 15.6. The van der Waals surface area contributed by atoms with Crippen LogP contribution in [0.1, 0.15) is 17.0 Å². The first-order valence-electron chi connectivity index (χ1n) is 9.81. The quantitative estimate of drug-likeness (QED) is 0.322. The first-order valence-corrected chi connectivity index (χ1v) is 10.6. The second kappa shape index (κ2) is 9.58. The molecule has 0 amide bonds. The van der Waals surface area contributed by atoms with Crippen molar-refractivity contribution in [2.24, 2.45) is 0 Å². The molecule has 4 aromatic rings. The van der Waals surface area contributed by atoms with E-state index in [1.54, 1.807) is 20.3 Å². The Balaban J connectivity index is 1.65. The normalized spacial score (nSPS) is 11.2. The lowest BCUT2D eigenvalue weighted by molar-refractivity contribution is 0.284. The molecule has 0 saturated heterocycles. The van der Waals surface area contributed by atoms with E-state index in [1.165, 1.54) is 0 Å². The van der Waals surface area contributed by atoms with E-state index in [1.807, 2.05) is 60.7 Å². The molecule has 32 heavy (non-hydrogen) atoms. The van der Waals surface area contributed by atoms with Crippen molar-refractivity contribution >= 4 is 38.6 Å². The van der Waals surface area contributed by atoms with E-state index in [9.17, 15) is 5.26 Å². The number of halogens is 1. The Morgan fingerprint density at radius 2 is 1.88 bits per heavy atom. The van der Waals surface area contributed by atoms with E-state index >= 15 is 0 Å². The lowest BCUT2D eigenvalue weighted by Crippen LogP contribution is -1.98. The predicted octanol–water partition coefficient (Wildman–Crippen LogP) is 5.99. The monoisotopic (exact) mass is 489 g/mol. The predicted molar refractivity (Wildman–Crippen MR) is 128 cm³/mol. The van der Waals surface area contributed by atoms with Gasteiger partial charge < -0.3 is 19.2 Å². The highest BCUT2D eigenvalue weighted by Gasteiger charge is 2.13. The van der Waals surface area contributed by atoms with E-state index in [-0.39, 0.29) is 0 Å². The Kier molecular flexibility index (Phi) is 6.43. The van der Waals surface area contributed by atoms with Gasteiger partial charge in [0.1, 0.15) is 24.3 Å². The van der Waals surface area contributed by atoms with E-state index < -0.39 is 0 Å². The van der Waals surface area contributed by atoms with Gasteiger partial charge >= 0.3 is 0 Å². The van der Waals surface area contributed by atoms with Crippen LogP contribution in [0.3, 0.4) is 0 Å². The minimum absolute atomic E-state index is 0.390. The number of allylic oxidation sites excluding steroid dienone is 1. The SMILES string of the molecule is COc1ccc2nc(/C(C#N)=C/c3cc(OC)c(OCc4ccccc4)cc3Br)[nH]c2c1. The molecule has 4 rings (SSSR count). The Morgan fingerprint density at radius 1 is 1.06 bits per heavy atom. The van der Waals surface area contributed by atoms with Gasteiger partial charge in [0.2, 0.25) is 0 Å². The molecule has 0 spiro atoms. The number of aromatic nitrogens is 2. The fourth-order valence-corrected chi connectivity index (χ4v) is 3.66. The minimum Gasteiger partial charge on any atom is -0.497 e. The summed E-state index contributed by atoms with van der Waals surface area (Å²) in [6.07, 6.45) is 1.75. The molecular weight excluding hydrogens is 470 g/mol. The fraction of sp³-hybridized carbons (Fsp3) is 0.120. The van der Waals surface area contributed by atoms with Crippen molar-refractivity contribution in [1.82, 2.24) is 9.97 Å². The lowest BCUT2D eigenvalue weighted by Gasteiger charge is -2.13. The Morgan fingerprint density at radius 3 is 2.59 bits per heavy atom. The summed E-state index contributed by atoms with van der Waals surface area (Å²) in [7, 11) is 3.20. The van der Waals surface area contributed by atoms with Gasteiger partial charge in [-0.25, -0.2) is 4.98 Å². The van der Waals surface area contributed by atoms with Crippen molar-refractivity contribution in [1.29, 1.82) is 5.26 Å². The van der Waals surface area contributed by atoms with Gasteiger partial charge in [-0.15, -0.1) is 0 Å². The highest BCUT2D eigenvalue weighted by Crippen LogP contribution is 2.36. The molecular formula is C25H20BrN3O3. The lowest BCUT2D eigenvalue weighted by atomic mass is 10.1. The molecule has 3 aromatic carbocycles. The summed E-state index contributed by atoms with van der Waals surface area (Å²) >= 11 is 3.58. The summed E-state index contributed by atoms with van der Waals surface area (Å²) in [5, 5.41) is 9.77. The van der Waals surface area contributed by atoms with Crippen molar-refractivity contribution in [2.45, 2.75) is 6.61 Å². The molecule has 0 saturated carbocycles. The zero-order valence-electron chi connectivity index (χ0n) is 17.6. The summed E-state index contributed by atoms with van der Waals surface area (Å²) in [4.78, 5) is 7.72. The molecule has 6 nitrogen and oxygen atoms in total. The van der Waals surface area contributed by atoms with Crippen LogP contribution in [0.4, 0.5) is 0 Å². The van der Waals surface area contributed by atoms with Gasteiger partial charge in [0.15, 0.2) is 11.5 Å². The van der Waals surface area contributed by atoms with Gasteiger partial charge in [0.05, 0.1) is 30.8 Å². The van der Waals surface area contributed by atoms with Gasteiger partial charge in [-0.3, -0.25) is 0 Å². The van der Waals surface area contributed by atoms with E-state index in [0.717, 1.165) is 26.6 Å². The van der Waals surface area contributed by atoms with Gasteiger partial charge in [0.25, 0.3) is 0 Å². The molecule has 0 radical (unpaired) electrons. The van der Waals surface area contributed by atoms with Crippen molar-refractivity contribution in [3.8, 4) is 23.3 Å². The zero-order valence-corrected chi connectivity index (χ0v) is 19.1. The van der Waals surface area contributed by atoms with E-state index in [4.69, 9.17) is 14.2 Å². The number of fused-ring (bicyclic) bond motifs is 1. The molecule has 0 unspecified atom stereocenters. The molecule has 0 fully saturated rings. The summed E-state index contributed by atoms with van der Waals surface area (Å²) < 4.78 is 17.5. The number of nitriles is 1. The molecule has 0 bridgehead atoms. The number of hydrogen-bond acceptors (Lipinski definition) is 5. The van der Waals surface area contributed by atoms with Gasteiger partial charge in [-0.2, -0.15) is 5.26 Å². The number of imidazole rings is 1. The smallest absolute Gasteiger partial charge is 0.162 e. The molecule has 0 aliphatic rings. The second-order valence-electron chi connectivity index (χ2n) is 6.94. The average Bonchev–Trinajstić information content (AvgIpc) is 3.25. The van der Waals surface area contributed by atoms with Crippen molar-refractivity contribution in [3.05, 3.63) is 82.1 Å². The molecule has 0 aliphatic carbocycles. The van der Waals surface area contributed by atoms with Crippen LogP contribution in [0.25, 0.3) is 22.7 Å². The van der Waals surface area contributed by atoms with Gasteiger partial charge in [-0.1, -0.05) is 46.3 Å². The summed E-state index contributed by atoms with van der Waals surface area (Å²) in [6, 6.07) is 21.3. The standard InChI is InChI=1S/C25H20BrN3O3/c1-30-19-8-9-21-22(12-19)29-25(28-21)18(14-27)10-17-11-23(31-2)24(13-20(17)26)32-15-16-6-4-3-5-7-16/h3-13H,15H2,1-2H3,(H,28,29)/b18-10+. The largest absolute Gasteiger partial charge is 0.497 e. The number of benzene rings is 3. The molecule has 160 valence electrons.